The number of amides is 1. The van der Waals surface area contributed by atoms with Gasteiger partial charge in [0.15, 0.2) is 0 Å². The third-order valence-corrected chi connectivity index (χ3v) is 4.74. The van der Waals surface area contributed by atoms with E-state index >= 15 is 0 Å². The van der Waals surface area contributed by atoms with Gasteiger partial charge in [-0.1, -0.05) is 0 Å². The monoisotopic (exact) mass is 354 g/mol. The van der Waals surface area contributed by atoms with Crippen LogP contribution in [0.3, 0.4) is 0 Å². The highest BCUT2D eigenvalue weighted by Gasteiger charge is 2.16. The van der Waals surface area contributed by atoms with E-state index in [1.165, 1.54) is 29.5 Å². The molecule has 0 aliphatic carbocycles. The molecule has 4 N–H and O–H groups in total. The quantitative estimate of drug-likeness (QED) is 0.736. The van der Waals surface area contributed by atoms with E-state index in [1.807, 2.05) is 6.92 Å². The van der Waals surface area contributed by atoms with Crippen LogP contribution in [0.1, 0.15) is 25.6 Å². The zero-order valence-electron chi connectivity index (χ0n) is 10.4. The first-order valence-corrected chi connectivity index (χ1v) is 7.19. The highest BCUT2D eigenvalue weighted by atomic mass is 79.9. The van der Waals surface area contributed by atoms with Gasteiger partial charge in [0, 0.05) is 5.69 Å². The minimum atomic E-state index is -1.14. The second kappa shape index (κ2) is 5.64. The van der Waals surface area contributed by atoms with Gasteiger partial charge in [0.05, 0.1) is 19.9 Å². The molecule has 1 amide bonds. The van der Waals surface area contributed by atoms with Gasteiger partial charge in [-0.2, -0.15) is 0 Å². The molecule has 7 heteroatoms. The zero-order chi connectivity index (χ0) is 14.9. The molecule has 2 rings (SSSR count). The van der Waals surface area contributed by atoms with Crippen molar-refractivity contribution in [3.8, 4) is 0 Å². The fourth-order valence-corrected chi connectivity index (χ4v) is 3.03. The summed E-state index contributed by atoms with van der Waals surface area (Å²) in [5.74, 6) is -1.49. The number of anilines is 2. The standard InChI is InChI=1S/C13H11BrN2O3S/c1-6-4-10(20-11(6)14)12(17)16-9-3-2-7(15)5-8(9)13(18)19/h2-5H,15H2,1H3,(H,16,17)(H,18,19). The smallest absolute Gasteiger partial charge is 0.337 e. The van der Waals surface area contributed by atoms with Crippen LogP contribution in [0, 0.1) is 6.92 Å². The van der Waals surface area contributed by atoms with E-state index in [4.69, 9.17) is 10.8 Å². The number of thiophene rings is 1. The molecule has 5 nitrogen and oxygen atoms in total. The number of carboxylic acids is 1. The highest BCUT2D eigenvalue weighted by molar-refractivity contribution is 9.11. The minimum Gasteiger partial charge on any atom is -0.478 e. The predicted octanol–water partition coefficient (Wildman–Crippen LogP) is 3.35. The summed E-state index contributed by atoms with van der Waals surface area (Å²) in [5, 5.41) is 11.7. The molecule has 0 atom stereocenters. The van der Waals surface area contributed by atoms with Crippen LogP contribution in [0.2, 0.25) is 0 Å². The lowest BCUT2D eigenvalue weighted by Gasteiger charge is -2.08. The Labute approximate surface area is 127 Å². The Balaban J connectivity index is 2.30. The van der Waals surface area contributed by atoms with E-state index < -0.39 is 5.97 Å². The first-order chi connectivity index (χ1) is 9.38. The average Bonchev–Trinajstić information content (AvgIpc) is 2.71. The molecule has 0 saturated heterocycles. The Morgan fingerprint density at radius 1 is 1.35 bits per heavy atom. The van der Waals surface area contributed by atoms with Gasteiger partial charge in [0.1, 0.15) is 0 Å². The molecule has 1 aromatic heterocycles. The fraction of sp³-hybridized carbons (Fsp3) is 0.0769. The highest BCUT2D eigenvalue weighted by Crippen LogP contribution is 2.28. The summed E-state index contributed by atoms with van der Waals surface area (Å²) in [6.07, 6.45) is 0. The molecule has 0 aliphatic heterocycles. The number of hydrogen-bond acceptors (Lipinski definition) is 4. The number of carboxylic acid groups (broad SMARTS) is 1. The van der Waals surface area contributed by atoms with Gasteiger partial charge in [-0.05, 0) is 52.7 Å². The van der Waals surface area contributed by atoms with Crippen molar-refractivity contribution in [2.24, 2.45) is 0 Å². The van der Waals surface area contributed by atoms with E-state index in [0.29, 0.717) is 10.6 Å². The summed E-state index contributed by atoms with van der Waals surface area (Å²) in [6.45, 7) is 1.88. The van der Waals surface area contributed by atoms with Crippen LogP contribution in [0.5, 0.6) is 0 Å². The summed E-state index contributed by atoms with van der Waals surface area (Å²) < 4.78 is 0.874. The van der Waals surface area contributed by atoms with E-state index in [2.05, 4.69) is 21.2 Å². The van der Waals surface area contributed by atoms with Gasteiger partial charge in [-0.25, -0.2) is 4.79 Å². The number of hydrogen-bond donors (Lipinski definition) is 3. The number of aryl methyl sites for hydroxylation is 1. The maximum Gasteiger partial charge on any atom is 0.337 e. The maximum absolute atomic E-state index is 12.1. The van der Waals surface area contributed by atoms with Crippen LogP contribution >= 0.6 is 27.3 Å². The van der Waals surface area contributed by atoms with Crippen molar-refractivity contribution in [3.63, 3.8) is 0 Å². The summed E-state index contributed by atoms with van der Waals surface area (Å²) >= 11 is 4.64. The summed E-state index contributed by atoms with van der Waals surface area (Å²) in [6, 6.07) is 6.07. The average molecular weight is 355 g/mol. The van der Waals surface area contributed by atoms with Crippen molar-refractivity contribution >= 4 is 50.5 Å². The normalized spacial score (nSPS) is 10.3. The molecule has 1 aromatic carbocycles. The first kappa shape index (κ1) is 14.5. The number of nitrogen functional groups attached to an aromatic ring is 1. The number of carbonyl (C=O) groups excluding carboxylic acids is 1. The van der Waals surface area contributed by atoms with Crippen LogP contribution < -0.4 is 11.1 Å². The second-order valence-electron chi connectivity index (χ2n) is 4.13. The second-order valence-corrected chi connectivity index (χ2v) is 6.50. The summed E-state index contributed by atoms with van der Waals surface area (Å²) in [5.41, 5.74) is 7.02. The largest absolute Gasteiger partial charge is 0.478 e. The lowest BCUT2D eigenvalue weighted by Crippen LogP contribution is -2.14. The van der Waals surface area contributed by atoms with Crippen molar-refractivity contribution in [3.05, 3.63) is 44.1 Å². The molecule has 0 bridgehead atoms. The van der Waals surface area contributed by atoms with E-state index in [-0.39, 0.29) is 17.2 Å². The molecule has 0 radical (unpaired) electrons. The Kier molecular flexibility index (Phi) is 4.10. The van der Waals surface area contributed by atoms with Crippen LogP contribution in [0.4, 0.5) is 11.4 Å². The van der Waals surface area contributed by atoms with Crippen LogP contribution in [0.15, 0.2) is 28.1 Å². The molecule has 1 heterocycles. The number of benzene rings is 1. The number of nitrogens with one attached hydrogen (secondary N) is 1. The molecule has 0 aliphatic rings. The molecule has 2 aromatic rings. The lowest BCUT2D eigenvalue weighted by atomic mass is 10.1. The third kappa shape index (κ3) is 3.00. The van der Waals surface area contributed by atoms with Crippen LogP contribution in [-0.4, -0.2) is 17.0 Å². The molecule has 20 heavy (non-hydrogen) atoms. The number of nitrogens with two attached hydrogens (primary N) is 1. The van der Waals surface area contributed by atoms with Crippen molar-refractivity contribution in [1.82, 2.24) is 0 Å². The summed E-state index contributed by atoms with van der Waals surface area (Å²) in [7, 11) is 0. The van der Waals surface area contributed by atoms with Crippen LogP contribution in [0.25, 0.3) is 0 Å². The number of rotatable bonds is 3. The minimum absolute atomic E-state index is 0.0364. The van der Waals surface area contributed by atoms with Gasteiger partial charge in [-0.3, -0.25) is 4.79 Å². The Morgan fingerprint density at radius 2 is 2.05 bits per heavy atom. The Morgan fingerprint density at radius 3 is 2.60 bits per heavy atom. The van der Waals surface area contributed by atoms with Crippen molar-refractivity contribution in [1.29, 1.82) is 0 Å². The number of aromatic carboxylic acids is 1. The molecule has 0 saturated carbocycles. The zero-order valence-corrected chi connectivity index (χ0v) is 12.8. The molecule has 104 valence electrons. The van der Waals surface area contributed by atoms with E-state index in [0.717, 1.165) is 9.35 Å². The van der Waals surface area contributed by atoms with Crippen LogP contribution in [-0.2, 0) is 0 Å². The van der Waals surface area contributed by atoms with Gasteiger partial charge < -0.3 is 16.2 Å². The summed E-state index contributed by atoms with van der Waals surface area (Å²) in [4.78, 5) is 23.7. The van der Waals surface area contributed by atoms with E-state index in [1.54, 1.807) is 6.07 Å². The van der Waals surface area contributed by atoms with Gasteiger partial charge in [0.2, 0.25) is 0 Å². The molecular formula is C13H11BrN2O3S. The number of carbonyl (C=O) groups is 2. The fourth-order valence-electron chi connectivity index (χ4n) is 1.60. The molecule has 0 spiro atoms. The first-order valence-electron chi connectivity index (χ1n) is 5.58. The van der Waals surface area contributed by atoms with Gasteiger partial charge in [-0.15, -0.1) is 11.3 Å². The Bertz CT molecular complexity index is 677. The molecular weight excluding hydrogens is 344 g/mol. The molecule has 0 unspecified atom stereocenters. The topological polar surface area (TPSA) is 92.4 Å². The van der Waals surface area contributed by atoms with Crippen molar-refractivity contribution in [2.75, 3.05) is 11.1 Å². The van der Waals surface area contributed by atoms with Gasteiger partial charge in [0.25, 0.3) is 5.91 Å². The third-order valence-electron chi connectivity index (χ3n) is 2.60. The SMILES string of the molecule is Cc1cc(C(=O)Nc2ccc(N)cc2C(=O)O)sc1Br. The van der Waals surface area contributed by atoms with Gasteiger partial charge >= 0.3 is 5.97 Å². The van der Waals surface area contributed by atoms with E-state index in [9.17, 15) is 9.59 Å². The maximum atomic E-state index is 12.1. The lowest BCUT2D eigenvalue weighted by molar-refractivity contribution is 0.0698. The van der Waals surface area contributed by atoms with Crippen molar-refractivity contribution in [2.45, 2.75) is 6.92 Å². The Hall–Kier alpha value is -1.86. The predicted molar refractivity (Wildman–Crippen MR) is 82.5 cm³/mol. The van der Waals surface area contributed by atoms with Crippen molar-refractivity contribution < 1.29 is 14.7 Å². The molecule has 0 fully saturated rings. The number of halogens is 1.